The van der Waals surface area contributed by atoms with Gasteiger partial charge in [0.15, 0.2) is 0 Å². The molecule has 0 heterocycles. The average molecular weight is 378 g/mol. The normalized spacial score (nSPS) is 28.0. The molecule has 0 saturated heterocycles. The zero-order chi connectivity index (χ0) is 19.0. The van der Waals surface area contributed by atoms with Gasteiger partial charge in [-0.15, -0.1) is 0 Å². The lowest BCUT2D eigenvalue weighted by Gasteiger charge is -2.40. The first kappa shape index (κ1) is 21.5. The minimum absolute atomic E-state index is 0.00816. The van der Waals surface area contributed by atoms with Gasteiger partial charge in [-0.2, -0.15) is 0 Å². The third kappa shape index (κ3) is 5.35. The van der Waals surface area contributed by atoms with Crippen molar-refractivity contribution >= 4 is 5.97 Å². The lowest BCUT2D eigenvalue weighted by Crippen LogP contribution is -2.52. The predicted molar refractivity (Wildman–Crippen MR) is 88.1 cm³/mol. The summed E-state index contributed by atoms with van der Waals surface area (Å²) in [6.07, 6.45) is 2.43. The van der Waals surface area contributed by atoms with Crippen molar-refractivity contribution in [2.75, 3.05) is 52.9 Å². The van der Waals surface area contributed by atoms with Crippen molar-refractivity contribution in [3.63, 3.8) is 0 Å². The van der Waals surface area contributed by atoms with Crippen LogP contribution in [0.2, 0.25) is 0 Å². The number of fused-ring (bicyclic) bond motifs is 2. The first-order chi connectivity index (χ1) is 12.5. The Hall–Kier alpha value is -0.810. The number of aliphatic hydroxyl groups excluding tert-OH is 2. The van der Waals surface area contributed by atoms with E-state index in [1.54, 1.807) is 0 Å². The second-order valence-corrected chi connectivity index (χ2v) is 6.72. The summed E-state index contributed by atoms with van der Waals surface area (Å²) in [7, 11) is 0. The highest BCUT2D eigenvalue weighted by molar-refractivity contribution is 5.71. The fourth-order valence-electron chi connectivity index (χ4n) is 4.23. The number of carboxylic acids is 1. The maximum atomic E-state index is 11.8. The van der Waals surface area contributed by atoms with Crippen LogP contribution in [0.4, 0.5) is 0 Å². The maximum absolute atomic E-state index is 11.8. The van der Waals surface area contributed by atoms with Crippen LogP contribution in [0.3, 0.4) is 0 Å². The van der Waals surface area contributed by atoms with Crippen LogP contribution < -0.4 is 0 Å². The highest BCUT2D eigenvalue weighted by Gasteiger charge is 2.60. The molecule has 2 bridgehead atoms. The molecule has 2 fully saturated rings. The standard InChI is InChI=1S/C17H30O9/c18-3-5-23-7-9-25-17(22,26-10-8-24-6-4-19)15-13-2-1-12(11-13)14(15)16(20)21/h12-15,18-19,22H,1-11H2,(H,20,21). The molecule has 2 saturated carbocycles. The van der Waals surface area contributed by atoms with Crippen molar-refractivity contribution < 1.29 is 44.2 Å². The zero-order valence-corrected chi connectivity index (χ0v) is 14.9. The van der Waals surface area contributed by atoms with Crippen molar-refractivity contribution in [3.05, 3.63) is 0 Å². The number of hydrogen-bond donors (Lipinski definition) is 4. The molecule has 0 aromatic carbocycles. The van der Waals surface area contributed by atoms with Crippen molar-refractivity contribution in [3.8, 4) is 0 Å². The van der Waals surface area contributed by atoms with E-state index in [0.29, 0.717) is 0 Å². The van der Waals surface area contributed by atoms with Crippen LogP contribution >= 0.6 is 0 Å². The van der Waals surface area contributed by atoms with Gasteiger partial charge in [0, 0.05) is 0 Å². The van der Waals surface area contributed by atoms with Crippen molar-refractivity contribution in [2.24, 2.45) is 23.7 Å². The molecule has 9 nitrogen and oxygen atoms in total. The number of ether oxygens (including phenoxy) is 4. The Kier molecular flexibility index (Phi) is 8.68. The fourth-order valence-corrected chi connectivity index (χ4v) is 4.23. The first-order valence-corrected chi connectivity index (χ1v) is 9.13. The third-order valence-electron chi connectivity index (χ3n) is 5.17. The summed E-state index contributed by atoms with van der Waals surface area (Å²) in [6, 6.07) is 0. The summed E-state index contributed by atoms with van der Waals surface area (Å²) >= 11 is 0. The van der Waals surface area contributed by atoms with Gasteiger partial charge in [0.1, 0.15) is 0 Å². The number of rotatable bonds is 14. The van der Waals surface area contributed by atoms with Gasteiger partial charge in [0.05, 0.1) is 64.7 Å². The number of carboxylic acid groups (broad SMARTS) is 1. The summed E-state index contributed by atoms with van der Waals surface area (Å²) in [6.45, 7) is 0.389. The van der Waals surface area contributed by atoms with Crippen molar-refractivity contribution in [2.45, 2.75) is 25.2 Å². The van der Waals surface area contributed by atoms with Crippen LogP contribution in [-0.4, -0.2) is 85.2 Å². The Labute approximate surface area is 152 Å². The lowest BCUT2D eigenvalue weighted by atomic mass is 9.77. The minimum atomic E-state index is -2.03. The third-order valence-corrected chi connectivity index (χ3v) is 5.17. The van der Waals surface area contributed by atoms with Gasteiger partial charge in [-0.3, -0.25) is 4.79 Å². The molecule has 152 valence electrons. The second-order valence-electron chi connectivity index (χ2n) is 6.72. The van der Waals surface area contributed by atoms with Gasteiger partial charge in [-0.25, -0.2) is 0 Å². The van der Waals surface area contributed by atoms with Gasteiger partial charge in [-0.1, -0.05) is 0 Å². The summed E-state index contributed by atoms with van der Waals surface area (Å²) in [5.41, 5.74) is 0. The quantitative estimate of drug-likeness (QED) is 0.231. The smallest absolute Gasteiger partial charge is 0.307 e. The van der Waals surface area contributed by atoms with Gasteiger partial charge in [0.25, 0.3) is 5.97 Å². The topological polar surface area (TPSA) is 135 Å². The molecule has 0 amide bonds. The first-order valence-electron chi connectivity index (χ1n) is 9.13. The molecule has 2 aliphatic rings. The molecule has 0 aliphatic heterocycles. The van der Waals surface area contributed by atoms with E-state index < -0.39 is 23.8 Å². The molecule has 2 rings (SSSR count). The van der Waals surface area contributed by atoms with E-state index in [2.05, 4.69) is 0 Å². The summed E-state index contributed by atoms with van der Waals surface area (Å²) in [5, 5.41) is 38.1. The Morgan fingerprint density at radius 3 is 1.92 bits per heavy atom. The molecule has 4 N–H and O–H groups in total. The minimum Gasteiger partial charge on any atom is -0.481 e. The number of hydrogen-bond acceptors (Lipinski definition) is 8. The van der Waals surface area contributed by atoms with Crippen LogP contribution in [0.15, 0.2) is 0 Å². The van der Waals surface area contributed by atoms with E-state index in [1.165, 1.54) is 0 Å². The van der Waals surface area contributed by atoms with Gasteiger partial charge >= 0.3 is 5.97 Å². The van der Waals surface area contributed by atoms with E-state index in [4.69, 9.17) is 29.2 Å². The highest BCUT2D eigenvalue weighted by Crippen LogP contribution is 2.56. The Morgan fingerprint density at radius 2 is 1.42 bits per heavy atom. The molecule has 4 atom stereocenters. The van der Waals surface area contributed by atoms with Crippen LogP contribution in [0.25, 0.3) is 0 Å². The van der Waals surface area contributed by atoms with Crippen LogP contribution in [0.5, 0.6) is 0 Å². The molecule has 0 aromatic rings. The molecule has 0 aromatic heterocycles. The fraction of sp³-hybridized carbons (Fsp3) is 0.941. The van der Waals surface area contributed by atoms with Crippen molar-refractivity contribution in [1.29, 1.82) is 0 Å². The highest BCUT2D eigenvalue weighted by atomic mass is 16.8. The molecular formula is C17H30O9. The van der Waals surface area contributed by atoms with Crippen LogP contribution in [0, 0.1) is 23.7 Å². The van der Waals surface area contributed by atoms with Gasteiger partial charge in [-0.05, 0) is 31.1 Å². The molecule has 0 radical (unpaired) electrons. The monoisotopic (exact) mass is 378 g/mol. The van der Waals surface area contributed by atoms with Crippen molar-refractivity contribution in [1.82, 2.24) is 0 Å². The Bertz CT molecular complexity index is 416. The molecule has 0 spiro atoms. The van der Waals surface area contributed by atoms with Crippen LogP contribution in [0.1, 0.15) is 19.3 Å². The summed E-state index contributed by atoms with van der Waals surface area (Å²) < 4.78 is 21.4. The number of carbonyl (C=O) groups is 1. The second kappa shape index (κ2) is 10.5. The average Bonchev–Trinajstić information content (AvgIpc) is 3.23. The van der Waals surface area contributed by atoms with E-state index >= 15 is 0 Å². The molecule has 2 aliphatic carbocycles. The number of aliphatic carboxylic acids is 1. The van der Waals surface area contributed by atoms with E-state index in [0.717, 1.165) is 19.3 Å². The molecule has 26 heavy (non-hydrogen) atoms. The maximum Gasteiger partial charge on any atom is 0.307 e. The predicted octanol–water partition coefficient (Wildman–Crippen LogP) is -0.570. The zero-order valence-electron chi connectivity index (χ0n) is 14.9. The summed E-state index contributed by atoms with van der Waals surface area (Å²) in [4.78, 5) is 11.8. The Morgan fingerprint density at radius 1 is 0.885 bits per heavy atom. The Balaban J connectivity index is 1.99. The number of aliphatic hydroxyl groups is 3. The van der Waals surface area contributed by atoms with Crippen LogP contribution in [-0.2, 0) is 23.7 Å². The van der Waals surface area contributed by atoms with E-state index in [1.807, 2.05) is 0 Å². The SMILES string of the molecule is O=C(O)C1C2CCC(C2)C1C(O)(OCCOCCO)OCCOCCO. The van der Waals surface area contributed by atoms with E-state index in [9.17, 15) is 15.0 Å². The molecule has 9 heteroatoms. The molecular weight excluding hydrogens is 348 g/mol. The van der Waals surface area contributed by atoms with Gasteiger partial charge in [0.2, 0.25) is 0 Å². The largest absolute Gasteiger partial charge is 0.481 e. The van der Waals surface area contributed by atoms with E-state index in [-0.39, 0.29) is 64.7 Å². The van der Waals surface area contributed by atoms with Gasteiger partial charge < -0.3 is 39.4 Å². The molecule has 4 unspecified atom stereocenters. The lowest BCUT2D eigenvalue weighted by molar-refractivity contribution is -0.399. The summed E-state index contributed by atoms with van der Waals surface area (Å²) in [5.74, 6) is -4.29.